The third kappa shape index (κ3) is 5.43. The lowest BCUT2D eigenvalue weighted by Crippen LogP contribution is -2.45. The van der Waals surface area contributed by atoms with Crippen molar-refractivity contribution in [2.75, 3.05) is 31.6 Å². The fourth-order valence-corrected chi connectivity index (χ4v) is 5.02. The van der Waals surface area contributed by atoms with Crippen LogP contribution in [0, 0.1) is 17.3 Å². The molecule has 1 saturated heterocycles. The number of hydrogen-bond acceptors (Lipinski definition) is 7. The molecule has 1 unspecified atom stereocenters. The maximum Gasteiger partial charge on any atom is 0.213 e. The highest BCUT2D eigenvalue weighted by Gasteiger charge is 2.46. The van der Waals surface area contributed by atoms with Gasteiger partial charge in [0.1, 0.15) is 23.8 Å². The van der Waals surface area contributed by atoms with Gasteiger partial charge in [-0.15, -0.1) is 0 Å². The Hall–Kier alpha value is -3.67. The number of aromatic nitrogens is 2. The summed E-state index contributed by atoms with van der Waals surface area (Å²) in [7, 11) is 1.64. The summed E-state index contributed by atoms with van der Waals surface area (Å²) in [6, 6.07) is 8.56. The highest BCUT2D eigenvalue weighted by atomic mass is 16.5. The van der Waals surface area contributed by atoms with Crippen molar-refractivity contribution < 1.29 is 14.6 Å². The normalized spacial score (nSPS) is 18.6. The summed E-state index contributed by atoms with van der Waals surface area (Å²) in [5, 5.41) is 9.97. The van der Waals surface area contributed by atoms with E-state index in [2.05, 4.69) is 51.0 Å². The number of aliphatic hydroxyl groups excluding tert-OH is 1. The van der Waals surface area contributed by atoms with Crippen LogP contribution in [0.5, 0.6) is 0 Å². The second-order valence-corrected chi connectivity index (χ2v) is 9.25. The van der Waals surface area contributed by atoms with Gasteiger partial charge < -0.3 is 25.4 Å². The van der Waals surface area contributed by atoms with Crippen LogP contribution < -0.4 is 10.6 Å². The van der Waals surface area contributed by atoms with Crippen LogP contribution in [0.25, 0.3) is 0 Å². The van der Waals surface area contributed by atoms with Gasteiger partial charge in [0.05, 0.1) is 12.8 Å². The third-order valence-corrected chi connectivity index (χ3v) is 7.08. The molecular formula is C28H33N5O3. The zero-order valence-electron chi connectivity index (χ0n) is 20.9. The van der Waals surface area contributed by atoms with Crippen LogP contribution in [0.4, 0.5) is 5.82 Å². The van der Waals surface area contributed by atoms with Gasteiger partial charge in [-0.05, 0) is 60.8 Å². The maximum absolute atomic E-state index is 10.7. The van der Waals surface area contributed by atoms with E-state index in [1.807, 2.05) is 6.92 Å². The zero-order valence-corrected chi connectivity index (χ0v) is 20.9. The fourth-order valence-electron chi connectivity index (χ4n) is 5.02. The van der Waals surface area contributed by atoms with Gasteiger partial charge in [0, 0.05) is 32.4 Å². The number of rotatable bonds is 7. The molecule has 0 bridgehead atoms. The van der Waals surface area contributed by atoms with E-state index in [4.69, 9.17) is 10.5 Å². The number of nitrogens with two attached hydrogens (primary N) is 1. The Kier molecular flexibility index (Phi) is 8.04. The van der Waals surface area contributed by atoms with Gasteiger partial charge in [0.25, 0.3) is 0 Å². The summed E-state index contributed by atoms with van der Waals surface area (Å²) in [6.45, 7) is 3.43. The Morgan fingerprint density at radius 1 is 1.36 bits per heavy atom. The van der Waals surface area contributed by atoms with Crippen LogP contribution in [0.1, 0.15) is 48.3 Å². The van der Waals surface area contributed by atoms with Crippen molar-refractivity contribution in [2.24, 2.45) is 11.1 Å². The number of fused-ring (bicyclic) bond motifs is 1. The minimum Gasteiger partial charge on any atom is -0.481 e. The number of anilines is 1. The molecule has 188 valence electrons. The van der Waals surface area contributed by atoms with Gasteiger partial charge in [0.2, 0.25) is 6.41 Å². The molecule has 1 amide bonds. The summed E-state index contributed by atoms with van der Waals surface area (Å²) in [6.07, 6.45) is 10.4. The molecule has 2 aliphatic rings. The largest absolute Gasteiger partial charge is 0.481 e. The molecule has 2 aromatic rings. The van der Waals surface area contributed by atoms with Crippen molar-refractivity contribution in [3.8, 4) is 11.8 Å². The van der Waals surface area contributed by atoms with Gasteiger partial charge in [0.15, 0.2) is 5.82 Å². The molecule has 2 heterocycles. The summed E-state index contributed by atoms with van der Waals surface area (Å²) >= 11 is 0. The lowest BCUT2D eigenvalue weighted by atomic mass is 9.73. The van der Waals surface area contributed by atoms with Gasteiger partial charge in [-0.2, -0.15) is 0 Å². The molecule has 1 aliphatic carbocycles. The molecule has 1 aromatic heterocycles. The number of ether oxygens (including phenoxy) is 1. The van der Waals surface area contributed by atoms with Gasteiger partial charge in [-0.25, -0.2) is 9.97 Å². The molecule has 1 aliphatic heterocycles. The Morgan fingerprint density at radius 2 is 2.14 bits per heavy atom. The van der Waals surface area contributed by atoms with Crippen LogP contribution in [-0.4, -0.2) is 53.1 Å². The molecule has 36 heavy (non-hydrogen) atoms. The molecule has 1 atom stereocenters. The summed E-state index contributed by atoms with van der Waals surface area (Å²) in [4.78, 5) is 23.4. The van der Waals surface area contributed by atoms with Gasteiger partial charge in [-0.1, -0.05) is 30.2 Å². The summed E-state index contributed by atoms with van der Waals surface area (Å²) in [5.41, 5.74) is 10.4. The molecule has 0 saturated carbocycles. The predicted octanol–water partition coefficient (Wildman–Crippen LogP) is 2.69. The highest BCUT2D eigenvalue weighted by Crippen LogP contribution is 2.50. The zero-order chi connectivity index (χ0) is 25.5. The van der Waals surface area contributed by atoms with Crippen molar-refractivity contribution in [1.29, 1.82) is 0 Å². The standard InChI is InChI=1S/C28H33N5O3/c1-3-23(10-13-32(2)20-35)36-16-6-8-22-18-30-27(25(19-34)31-22)33-14-11-28(12-15-33)17-21-7-4-5-9-24(21)26(28)29/h3-5,7,9-10,13,18,20,26,34H,11-12,14-17,19,29H2,1-2H3/b13-10-,23-3+. The fraction of sp³-hybridized carbons (Fsp3) is 0.393. The smallest absolute Gasteiger partial charge is 0.213 e. The Labute approximate surface area is 212 Å². The quantitative estimate of drug-likeness (QED) is 0.268. The second kappa shape index (κ2) is 11.4. The predicted molar refractivity (Wildman–Crippen MR) is 138 cm³/mol. The van der Waals surface area contributed by atoms with E-state index in [-0.39, 0.29) is 24.7 Å². The van der Waals surface area contributed by atoms with Crippen LogP contribution in [0.3, 0.4) is 0 Å². The van der Waals surface area contributed by atoms with Crippen LogP contribution in [-0.2, 0) is 22.6 Å². The first-order valence-electron chi connectivity index (χ1n) is 12.2. The van der Waals surface area contributed by atoms with Crippen LogP contribution >= 0.6 is 0 Å². The minimum atomic E-state index is -0.210. The van der Waals surface area contributed by atoms with Gasteiger partial charge in [-0.3, -0.25) is 4.79 Å². The lowest BCUT2D eigenvalue weighted by Gasteiger charge is -2.42. The Balaban J connectivity index is 1.37. The number of hydrogen-bond donors (Lipinski definition) is 2. The first-order valence-corrected chi connectivity index (χ1v) is 12.2. The molecule has 1 fully saturated rings. The second-order valence-electron chi connectivity index (χ2n) is 9.25. The summed E-state index contributed by atoms with van der Waals surface area (Å²) in [5.74, 6) is 7.18. The third-order valence-electron chi connectivity index (χ3n) is 7.08. The number of allylic oxidation sites excluding steroid dienone is 2. The molecular weight excluding hydrogens is 454 g/mol. The number of piperidine rings is 1. The molecule has 8 heteroatoms. The molecule has 0 radical (unpaired) electrons. The number of nitrogens with zero attached hydrogens (tertiary/aromatic N) is 4. The van der Waals surface area contributed by atoms with E-state index in [0.717, 1.165) is 32.4 Å². The molecule has 4 rings (SSSR count). The van der Waals surface area contributed by atoms with Gasteiger partial charge >= 0.3 is 0 Å². The molecule has 8 nitrogen and oxygen atoms in total. The topological polar surface area (TPSA) is 105 Å². The minimum absolute atomic E-state index is 0.0589. The average molecular weight is 488 g/mol. The molecule has 1 aromatic carbocycles. The van der Waals surface area contributed by atoms with Crippen molar-refractivity contribution in [2.45, 2.75) is 38.8 Å². The molecule has 3 N–H and O–H groups in total. The van der Waals surface area contributed by atoms with E-state index < -0.39 is 0 Å². The first-order chi connectivity index (χ1) is 17.5. The monoisotopic (exact) mass is 487 g/mol. The number of carbonyl (C=O) groups excluding carboxylic acids is 1. The summed E-state index contributed by atoms with van der Waals surface area (Å²) < 4.78 is 5.60. The average Bonchev–Trinajstić information content (AvgIpc) is 3.19. The van der Waals surface area contributed by atoms with E-state index in [9.17, 15) is 9.90 Å². The van der Waals surface area contributed by atoms with Crippen molar-refractivity contribution in [3.05, 3.63) is 77.1 Å². The Bertz CT molecular complexity index is 1210. The highest BCUT2D eigenvalue weighted by molar-refractivity contribution is 5.48. The number of benzene rings is 1. The van der Waals surface area contributed by atoms with Crippen LogP contribution in [0.2, 0.25) is 0 Å². The van der Waals surface area contributed by atoms with Crippen molar-refractivity contribution >= 4 is 12.2 Å². The van der Waals surface area contributed by atoms with E-state index >= 15 is 0 Å². The van der Waals surface area contributed by atoms with Crippen LogP contribution in [0.15, 0.2) is 54.6 Å². The Morgan fingerprint density at radius 3 is 2.83 bits per heavy atom. The molecule has 1 spiro atoms. The lowest BCUT2D eigenvalue weighted by molar-refractivity contribution is -0.115. The number of carbonyl (C=O) groups is 1. The maximum atomic E-state index is 10.7. The first kappa shape index (κ1) is 25.4. The van der Waals surface area contributed by atoms with E-state index in [1.54, 1.807) is 31.6 Å². The SMILES string of the molecule is C/C=C(\C=C/N(C)C=O)OCC#Cc1cnc(N2CCC3(CC2)Cc2ccccc2C3N)c(CO)n1. The van der Waals surface area contributed by atoms with Crippen molar-refractivity contribution in [1.82, 2.24) is 14.9 Å². The number of aliphatic hydroxyl groups is 1. The van der Waals surface area contributed by atoms with E-state index in [0.29, 0.717) is 29.4 Å². The van der Waals surface area contributed by atoms with Crippen molar-refractivity contribution in [3.63, 3.8) is 0 Å². The van der Waals surface area contributed by atoms with E-state index in [1.165, 1.54) is 16.0 Å². The number of amides is 1.